The van der Waals surface area contributed by atoms with Crippen molar-refractivity contribution in [3.63, 3.8) is 0 Å². The maximum absolute atomic E-state index is 13.4. The molecule has 2 fully saturated rings. The van der Waals surface area contributed by atoms with Crippen molar-refractivity contribution in [1.82, 2.24) is 15.0 Å². The molecule has 3 rings (SSSR count). The average molecular weight is 301 g/mol. The van der Waals surface area contributed by atoms with E-state index in [1.54, 1.807) is 17.9 Å². The predicted molar refractivity (Wildman–Crippen MR) is 68.1 cm³/mol. The van der Waals surface area contributed by atoms with Gasteiger partial charge in [-0.2, -0.15) is 0 Å². The fourth-order valence-corrected chi connectivity index (χ4v) is 2.97. The molecule has 0 unspecified atom stereocenters. The number of likely N-dealkylation sites (tertiary alicyclic amines) is 2. The molecule has 1 aromatic heterocycles. The molecule has 0 spiro atoms. The molecule has 1 atom stereocenters. The van der Waals surface area contributed by atoms with Crippen molar-refractivity contribution in [3.05, 3.63) is 17.5 Å². The van der Waals surface area contributed by atoms with Gasteiger partial charge in [0.25, 0.3) is 11.8 Å². The van der Waals surface area contributed by atoms with Crippen LogP contribution in [-0.2, 0) is 0 Å². The molecule has 0 aromatic carbocycles. The normalized spacial score (nSPS) is 26.1. The molecule has 116 valence electrons. The van der Waals surface area contributed by atoms with E-state index in [-0.39, 0.29) is 37.3 Å². The van der Waals surface area contributed by atoms with Crippen LogP contribution in [0.2, 0.25) is 0 Å². The number of aliphatic hydroxyl groups is 1. The summed E-state index contributed by atoms with van der Waals surface area (Å²) in [7, 11) is 0. The fraction of sp³-hybridized carbons (Fsp3) is 0.692. The first-order chi connectivity index (χ1) is 9.89. The molecule has 6 nitrogen and oxygen atoms in total. The van der Waals surface area contributed by atoms with Crippen LogP contribution in [0.25, 0.3) is 0 Å². The van der Waals surface area contributed by atoms with Crippen LogP contribution in [0, 0.1) is 6.92 Å². The van der Waals surface area contributed by atoms with E-state index in [0.717, 1.165) is 0 Å². The lowest BCUT2D eigenvalue weighted by molar-refractivity contribution is -0.0134. The van der Waals surface area contributed by atoms with Gasteiger partial charge in [0.1, 0.15) is 0 Å². The Labute approximate surface area is 120 Å². The minimum Gasteiger partial charge on any atom is -0.395 e. The van der Waals surface area contributed by atoms with Gasteiger partial charge in [-0.15, -0.1) is 0 Å². The van der Waals surface area contributed by atoms with Gasteiger partial charge in [-0.25, -0.2) is 8.78 Å². The Bertz CT molecular complexity index is 543. The molecule has 0 radical (unpaired) electrons. The van der Waals surface area contributed by atoms with Gasteiger partial charge < -0.3 is 14.5 Å². The van der Waals surface area contributed by atoms with Crippen molar-refractivity contribution in [2.24, 2.45) is 0 Å². The number of alkyl halides is 2. The molecule has 1 N–H and O–H groups in total. The number of amides is 1. The molecule has 0 saturated carbocycles. The van der Waals surface area contributed by atoms with Crippen LogP contribution in [-0.4, -0.2) is 70.2 Å². The number of rotatable bonds is 3. The van der Waals surface area contributed by atoms with E-state index in [4.69, 9.17) is 4.52 Å². The van der Waals surface area contributed by atoms with E-state index >= 15 is 0 Å². The summed E-state index contributed by atoms with van der Waals surface area (Å²) in [6, 6.07) is 0.884. The topological polar surface area (TPSA) is 69.8 Å². The average Bonchev–Trinajstić information content (AvgIpc) is 2.91. The zero-order chi connectivity index (χ0) is 15.2. The van der Waals surface area contributed by atoms with Crippen molar-refractivity contribution in [2.45, 2.75) is 31.4 Å². The molecule has 0 aliphatic carbocycles. The molecule has 3 heterocycles. The quantitative estimate of drug-likeness (QED) is 0.881. The number of carbonyl (C=O) groups excluding carboxylic acids is 1. The summed E-state index contributed by atoms with van der Waals surface area (Å²) in [5, 5.41) is 12.9. The monoisotopic (exact) mass is 301 g/mol. The molecule has 2 aliphatic heterocycles. The van der Waals surface area contributed by atoms with Gasteiger partial charge in [-0.05, 0) is 6.92 Å². The number of hydrogen-bond acceptors (Lipinski definition) is 5. The summed E-state index contributed by atoms with van der Waals surface area (Å²) >= 11 is 0. The highest BCUT2D eigenvalue weighted by Crippen LogP contribution is 2.35. The zero-order valence-electron chi connectivity index (χ0n) is 11.6. The second kappa shape index (κ2) is 5.03. The summed E-state index contributed by atoms with van der Waals surface area (Å²) in [6.07, 6.45) is -0.324. The highest BCUT2D eigenvalue weighted by molar-refractivity contribution is 5.92. The minimum atomic E-state index is -2.76. The highest BCUT2D eigenvalue weighted by atomic mass is 19.3. The number of halogens is 2. The van der Waals surface area contributed by atoms with Gasteiger partial charge in [0.15, 0.2) is 0 Å². The largest absolute Gasteiger partial charge is 0.395 e. The molecule has 21 heavy (non-hydrogen) atoms. The van der Waals surface area contributed by atoms with Crippen LogP contribution in [0.5, 0.6) is 0 Å². The van der Waals surface area contributed by atoms with E-state index in [1.165, 1.54) is 4.90 Å². The number of carbonyl (C=O) groups is 1. The van der Waals surface area contributed by atoms with Gasteiger partial charge >= 0.3 is 0 Å². The Kier molecular flexibility index (Phi) is 3.45. The smallest absolute Gasteiger partial charge is 0.292 e. The number of aliphatic hydroxyl groups excluding tert-OH is 1. The molecule has 2 aliphatic rings. The maximum atomic E-state index is 13.4. The third kappa shape index (κ3) is 2.65. The molecule has 1 aromatic rings. The first-order valence-corrected chi connectivity index (χ1v) is 6.86. The third-order valence-electron chi connectivity index (χ3n) is 4.09. The highest BCUT2D eigenvalue weighted by Gasteiger charge is 2.50. The maximum Gasteiger partial charge on any atom is 0.292 e. The number of nitrogens with zero attached hydrogens (tertiary/aromatic N) is 3. The van der Waals surface area contributed by atoms with Crippen LogP contribution in [0.3, 0.4) is 0 Å². The molecule has 8 heteroatoms. The molecule has 1 amide bonds. The standard InChI is InChI=1S/C13H17F2N3O3/c1-8-2-11(21-16-8)12(20)17-4-10(5-17)18-7-13(14,15)3-9(18)6-19/h2,9-10,19H,3-7H2,1H3/t9-/m0/s1. The Hall–Kier alpha value is -1.54. The summed E-state index contributed by atoms with van der Waals surface area (Å²) in [5.74, 6) is -2.88. The lowest BCUT2D eigenvalue weighted by Crippen LogP contribution is -2.62. The van der Waals surface area contributed by atoms with Crippen molar-refractivity contribution in [1.29, 1.82) is 0 Å². The van der Waals surface area contributed by atoms with E-state index in [2.05, 4.69) is 5.16 Å². The second-order valence-electron chi connectivity index (χ2n) is 5.77. The van der Waals surface area contributed by atoms with E-state index in [0.29, 0.717) is 18.8 Å². The zero-order valence-corrected chi connectivity index (χ0v) is 11.6. The molecule has 0 bridgehead atoms. The first-order valence-electron chi connectivity index (χ1n) is 6.86. The lowest BCUT2D eigenvalue weighted by atomic mass is 10.1. The summed E-state index contributed by atoms with van der Waals surface area (Å²) in [6.45, 7) is 1.81. The summed E-state index contributed by atoms with van der Waals surface area (Å²) < 4.78 is 31.7. The number of aryl methyl sites for hydroxylation is 1. The van der Waals surface area contributed by atoms with E-state index in [1.807, 2.05) is 0 Å². The summed E-state index contributed by atoms with van der Waals surface area (Å²) in [5.41, 5.74) is 0.620. The van der Waals surface area contributed by atoms with Crippen LogP contribution < -0.4 is 0 Å². The lowest BCUT2D eigenvalue weighted by Gasteiger charge is -2.45. The van der Waals surface area contributed by atoms with Crippen molar-refractivity contribution in [2.75, 3.05) is 26.2 Å². The number of hydrogen-bond donors (Lipinski definition) is 1. The Morgan fingerprint density at radius 3 is 2.86 bits per heavy atom. The predicted octanol–water partition coefficient (Wildman–Crippen LogP) is 0.509. The van der Waals surface area contributed by atoms with Crippen LogP contribution in [0.1, 0.15) is 22.7 Å². The summed E-state index contributed by atoms with van der Waals surface area (Å²) in [4.78, 5) is 15.2. The third-order valence-corrected chi connectivity index (χ3v) is 4.09. The Morgan fingerprint density at radius 1 is 1.57 bits per heavy atom. The van der Waals surface area contributed by atoms with Crippen molar-refractivity contribution >= 4 is 5.91 Å². The first kappa shape index (κ1) is 14.4. The van der Waals surface area contributed by atoms with E-state index < -0.39 is 12.0 Å². The Morgan fingerprint density at radius 2 is 2.29 bits per heavy atom. The number of aromatic nitrogens is 1. The van der Waals surface area contributed by atoms with Crippen LogP contribution in [0.15, 0.2) is 10.6 Å². The molecule has 2 saturated heterocycles. The van der Waals surface area contributed by atoms with Gasteiger partial charge in [-0.1, -0.05) is 5.16 Å². The van der Waals surface area contributed by atoms with Gasteiger partial charge in [0, 0.05) is 37.7 Å². The molecular weight excluding hydrogens is 284 g/mol. The SMILES string of the molecule is Cc1cc(C(=O)N2CC(N3CC(F)(F)C[C@H]3CO)C2)on1. The fourth-order valence-electron chi connectivity index (χ4n) is 2.97. The molecular formula is C13H17F2N3O3. The van der Waals surface area contributed by atoms with Crippen molar-refractivity contribution in [3.8, 4) is 0 Å². The Balaban J connectivity index is 1.59. The van der Waals surface area contributed by atoms with E-state index in [9.17, 15) is 18.7 Å². The second-order valence-corrected chi connectivity index (χ2v) is 5.77. The minimum absolute atomic E-state index is 0.136. The van der Waals surface area contributed by atoms with Crippen molar-refractivity contribution < 1.29 is 23.2 Å². The van der Waals surface area contributed by atoms with Crippen LogP contribution in [0.4, 0.5) is 8.78 Å². The van der Waals surface area contributed by atoms with Gasteiger partial charge in [0.2, 0.25) is 5.76 Å². The van der Waals surface area contributed by atoms with Gasteiger partial charge in [0.05, 0.1) is 18.8 Å². The van der Waals surface area contributed by atoms with Gasteiger partial charge in [-0.3, -0.25) is 9.69 Å². The van der Waals surface area contributed by atoms with Crippen LogP contribution >= 0.6 is 0 Å².